The highest BCUT2D eigenvalue weighted by Crippen LogP contribution is 2.30. The van der Waals surface area contributed by atoms with Crippen molar-refractivity contribution in [3.8, 4) is 12.1 Å². The zero-order chi connectivity index (χ0) is 23.8. The van der Waals surface area contributed by atoms with Crippen molar-refractivity contribution in [3.63, 3.8) is 0 Å². The Balaban J connectivity index is 1.71. The third-order valence-electron chi connectivity index (χ3n) is 6.02. The maximum absolute atomic E-state index is 13.3. The Labute approximate surface area is 199 Å². The molecule has 34 heavy (non-hydrogen) atoms. The number of halogens is 1. The number of nitriles is 2. The van der Waals surface area contributed by atoms with Gasteiger partial charge in [-0.05, 0) is 41.3 Å². The van der Waals surface area contributed by atoms with Gasteiger partial charge in [0.25, 0.3) is 0 Å². The predicted octanol–water partition coefficient (Wildman–Crippen LogP) is 3.75. The topological polar surface area (TPSA) is 84.8 Å². The Morgan fingerprint density at radius 3 is 2.44 bits per heavy atom. The molecule has 172 valence electrons. The Kier molecular flexibility index (Phi) is 7.59. The summed E-state index contributed by atoms with van der Waals surface area (Å²) in [7, 11) is 0. The summed E-state index contributed by atoms with van der Waals surface area (Å²) in [5.74, 6) is -1.30. The molecule has 2 aromatic carbocycles. The van der Waals surface area contributed by atoms with Crippen molar-refractivity contribution in [1.82, 2.24) is 4.90 Å². The first-order valence-corrected chi connectivity index (χ1v) is 11.3. The van der Waals surface area contributed by atoms with Crippen LogP contribution in [0.25, 0.3) is 0 Å². The lowest BCUT2D eigenvalue weighted by Gasteiger charge is -2.35. The van der Waals surface area contributed by atoms with Gasteiger partial charge in [-0.15, -0.1) is 0 Å². The van der Waals surface area contributed by atoms with Crippen LogP contribution in [-0.4, -0.2) is 55.2 Å². The molecule has 1 atom stereocenters. The second-order valence-corrected chi connectivity index (χ2v) is 8.47. The van der Waals surface area contributed by atoms with Gasteiger partial charge < -0.3 is 4.74 Å². The number of benzene rings is 2. The molecular weight excluding hydrogens is 429 g/mol. The highest BCUT2D eigenvalue weighted by atomic mass is 19.1. The van der Waals surface area contributed by atoms with Crippen LogP contribution in [0.2, 0.25) is 0 Å². The van der Waals surface area contributed by atoms with Crippen molar-refractivity contribution < 1.29 is 9.13 Å². The van der Waals surface area contributed by atoms with E-state index in [-0.39, 0.29) is 5.82 Å². The molecule has 2 heterocycles. The first-order valence-electron chi connectivity index (χ1n) is 11.3. The first-order chi connectivity index (χ1) is 16.6. The van der Waals surface area contributed by atoms with Crippen LogP contribution in [0, 0.1) is 34.4 Å². The summed E-state index contributed by atoms with van der Waals surface area (Å²) < 4.78 is 18.8. The van der Waals surface area contributed by atoms with Crippen molar-refractivity contribution >= 4 is 11.9 Å². The van der Waals surface area contributed by atoms with E-state index in [1.165, 1.54) is 12.1 Å². The molecule has 1 unspecified atom stereocenters. The average Bonchev–Trinajstić information content (AvgIpc) is 3.27. The van der Waals surface area contributed by atoms with Gasteiger partial charge >= 0.3 is 0 Å². The molecular formula is C27H26FN5O. The van der Waals surface area contributed by atoms with E-state index in [9.17, 15) is 14.9 Å². The molecule has 1 saturated heterocycles. The normalized spacial score (nSPS) is 20.7. The summed E-state index contributed by atoms with van der Waals surface area (Å²) >= 11 is 0. The highest BCUT2D eigenvalue weighted by molar-refractivity contribution is 6.05. The van der Waals surface area contributed by atoms with Crippen molar-refractivity contribution in [2.75, 3.05) is 32.8 Å². The number of aliphatic imine (C=N–C) groups is 2. The van der Waals surface area contributed by atoms with Gasteiger partial charge in [0.2, 0.25) is 0 Å². The van der Waals surface area contributed by atoms with E-state index in [0.29, 0.717) is 38.4 Å². The van der Waals surface area contributed by atoms with Gasteiger partial charge in [-0.2, -0.15) is 10.5 Å². The summed E-state index contributed by atoms with van der Waals surface area (Å²) in [4.78, 5) is 11.9. The summed E-state index contributed by atoms with van der Waals surface area (Å²) in [5, 5.41) is 19.6. The molecule has 4 rings (SSSR count). The zero-order valence-corrected chi connectivity index (χ0v) is 18.9. The molecule has 7 heteroatoms. The first kappa shape index (κ1) is 23.5. The van der Waals surface area contributed by atoms with Crippen LogP contribution in [0.1, 0.15) is 11.1 Å². The Hall–Kier alpha value is -3.65. The van der Waals surface area contributed by atoms with E-state index < -0.39 is 11.5 Å². The number of morpholine rings is 1. The third kappa shape index (κ3) is 5.63. The van der Waals surface area contributed by atoms with Crippen LogP contribution in [0.4, 0.5) is 4.39 Å². The minimum absolute atomic E-state index is 0.277. The molecule has 1 fully saturated rings. The van der Waals surface area contributed by atoms with Crippen LogP contribution in [-0.2, 0) is 17.7 Å². The second-order valence-electron chi connectivity index (χ2n) is 8.47. The Morgan fingerprint density at radius 2 is 1.76 bits per heavy atom. The number of rotatable bonds is 8. The van der Waals surface area contributed by atoms with E-state index in [1.54, 1.807) is 18.3 Å². The summed E-state index contributed by atoms with van der Waals surface area (Å²) in [6, 6.07) is 20.4. The molecule has 0 saturated carbocycles. The van der Waals surface area contributed by atoms with Gasteiger partial charge in [-0.3, -0.25) is 14.9 Å². The monoisotopic (exact) mass is 455 g/mol. The molecule has 6 nitrogen and oxygen atoms in total. The van der Waals surface area contributed by atoms with Crippen LogP contribution in [0.3, 0.4) is 0 Å². The van der Waals surface area contributed by atoms with Crippen molar-refractivity contribution in [3.05, 3.63) is 83.2 Å². The van der Waals surface area contributed by atoms with Crippen molar-refractivity contribution in [2.24, 2.45) is 15.9 Å². The van der Waals surface area contributed by atoms with E-state index in [0.717, 1.165) is 29.8 Å². The second kappa shape index (κ2) is 11.0. The van der Waals surface area contributed by atoms with E-state index in [2.05, 4.69) is 17.0 Å². The Bertz CT molecular complexity index is 1140. The molecule has 0 radical (unpaired) electrons. The van der Waals surface area contributed by atoms with E-state index in [1.807, 2.05) is 36.4 Å². The van der Waals surface area contributed by atoms with Crippen LogP contribution >= 0.6 is 0 Å². The third-order valence-corrected chi connectivity index (χ3v) is 6.02. The smallest absolute Gasteiger partial charge is 0.173 e. The Morgan fingerprint density at radius 1 is 1.06 bits per heavy atom. The van der Waals surface area contributed by atoms with E-state index >= 15 is 0 Å². The van der Waals surface area contributed by atoms with Crippen LogP contribution < -0.4 is 0 Å². The molecule has 0 aromatic heterocycles. The fraction of sp³-hybridized carbons (Fsp3) is 0.333. The van der Waals surface area contributed by atoms with Crippen LogP contribution in [0.5, 0.6) is 0 Å². The van der Waals surface area contributed by atoms with Crippen molar-refractivity contribution in [1.29, 1.82) is 10.5 Å². The largest absolute Gasteiger partial charge is 0.379 e. The maximum Gasteiger partial charge on any atom is 0.173 e. The summed E-state index contributed by atoms with van der Waals surface area (Å²) in [6.45, 7) is 3.61. The molecule has 2 aromatic rings. The number of nitrogens with zero attached hydrogens (tertiary/aromatic N) is 5. The van der Waals surface area contributed by atoms with E-state index in [4.69, 9.17) is 14.7 Å². The molecule has 2 aliphatic heterocycles. The van der Waals surface area contributed by atoms with Crippen LogP contribution in [0.15, 0.2) is 76.2 Å². The lowest BCUT2D eigenvalue weighted by molar-refractivity contribution is 0.0347. The maximum atomic E-state index is 13.3. The number of ether oxygens (including phenoxy) is 1. The fourth-order valence-electron chi connectivity index (χ4n) is 4.31. The number of allylic oxidation sites excluding steroid dienone is 1. The number of hydrogen-bond acceptors (Lipinski definition) is 6. The van der Waals surface area contributed by atoms with Gasteiger partial charge in [0.15, 0.2) is 5.92 Å². The molecule has 0 spiro atoms. The van der Waals surface area contributed by atoms with Gasteiger partial charge in [-0.25, -0.2) is 4.39 Å². The summed E-state index contributed by atoms with van der Waals surface area (Å²) in [5.41, 5.74) is 2.44. The molecule has 0 amide bonds. The highest BCUT2D eigenvalue weighted by Gasteiger charge is 2.42. The van der Waals surface area contributed by atoms with Gasteiger partial charge in [0.1, 0.15) is 11.4 Å². The fourth-order valence-corrected chi connectivity index (χ4v) is 4.31. The summed E-state index contributed by atoms with van der Waals surface area (Å²) in [6.07, 6.45) is 4.40. The van der Waals surface area contributed by atoms with Gasteiger partial charge in [0.05, 0.1) is 37.6 Å². The lowest BCUT2D eigenvalue weighted by Crippen LogP contribution is -2.51. The molecule has 0 aliphatic carbocycles. The SMILES string of the molecule is N#CC(C#N)C(=NCc1ccccc1)C1(CN2CCOCC2)C=C(Cc2ccc(F)cc2)C=N1. The molecule has 2 aliphatic rings. The zero-order valence-electron chi connectivity index (χ0n) is 18.9. The lowest BCUT2D eigenvalue weighted by atomic mass is 9.84. The molecule has 0 bridgehead atoms. The standard InChI is InChI=1S/C27H26FN5O/c28-25-8-6-21(7-9-25)14-23-15-27(32-19-23,20-33-10-12-34-13-11-33)26(24(16-29)17-30)31-18-22-4-2-1-3-5-22/h1-9,15,19,24H,10-14,18,20H2. The van der Waals surface area contributed by atoms with Gasteiger partial charge in [0, 0.05) is 25.8 Å². The quantitative estimate of drug-likeness (QED) is 0.568. The minimum atomic E-state index is -1.02. The number of hydrogen-bond donors (Lipinski definition) is 0. The molecule has 0 N–H and O–H groups in total. The van der Waals surface area contributed by atoms with Crippen molar-refractivity contribution in [2.45, 2.75) is 18.5 Å². The minimum Gasteiger partial charge on any atom is -0.379 e. The van der Waals surface area contributed by atoms with Gasteiger partial charge in [-0.1, -0.05) is 42.5 Å². The predicted molar refractivity (Wildman–Crippen MR) is 129 cm³/mol. The average molecular weight is 456 g/mol.